The molecule has 0 heterocycles. The standard InChI is InChI=1S/C12H17NO4/c1-7-4-10(16-2)8(11(5-7)17-3)6-9(13)12(14)15/h4-5,9H,6,13H2,1-3H3,(H,14,15). The number of benzene rings is 1. The van der Waals surface area contributed by atoms with Gasteiger partial charge in [0, 0.05) is 12.0 Å². The van der Waals surface area contributed by atoms with Crippen LogP contribution in [0.15, 0.2) is 12.1 Å². The zero-order chi connectivity index (χ0) is 13.0. The minimum atomic E-state index is -1.05. The van der Waals surface area contributed by atoms with Gasteiger partial charge in [0.05, 0.1) is 14.2 Å². The molecule has 0 saturated carbocycles. The lowest BCUT2D eigenvalue weighted by Crippen LogP contribution is -2.32. The molecule has 0 spiro atoms. The van der Waals surface area contributed by atoms with E-state index in [1.54, 1.807) is 0 Å². The highest BCUT2D eigenvalue weighted by atomic mass is 16.5. The molecule has 0 saturated heterocycles. The molecule has 0 aromatic heterocycles. The number of hydrogen-bond acceptors (Lipinski definition) is 4. The maximum absolute atomic E-state index is 10.8. The Hall–Kier alpha value is -1.75. The Bertz CT molecular complexity index is 392. The molecule has 1 aromatic carbocycles. The van der Waals surface area contributed by atoms with Crippen molar-refractivity contribution in [3.8, 4) is 11.5 Å². The van der Waals surface area contributed by atoms with Crippen molar-refractivity contribution in [3.05, 3.63) is 23.3 Å². The number of aryl methyl sites for hydroxylation is 1. The molecule has 0 fully saturated rings. The van der Waals surface area contributed by atoms with Crippen LogP contribution in [-0.4, -0.2) is 31.3 Å². The molecule has 1 unspecified atom stereocenters. The van der Waals surface area contributed by atoms with Crippen LogP contribution in [0, 0.1) is 6.92 Å². The molecular weight excluding hydrogens is 222 g/mol. The predicted octanol–water partition coefficient (Wildman–Crippen LogP) is 0.967. The molecule has 0 bridgehead atoms. The average Bonchev–Trinajstić information content (AvgIpc) is 2.30. The number of carboxylic acids is 1. The van der Waals surface area contributed by atoms with Crippen LogP contribution in [0.3, 0.4) is 0 Å². The third-order valence-corrected chi connectivity index (χ3v) is 2.49. The van der Waals surface area contributed by atoms with Gasteiger partial charge in [0.15, 0.2) is 0 Å². The normalized spacial score (nSPS) is 12.0. The van der Waals surface area contributed by atoms with Crippen LogP contribution in [-0.2, 0) is 11.2 Å². The topological polar surface area (TPSA) is 81.8 Å². The molecule has 1 aromatic rings. The van der Waals surface area contributed by atoms with Gasteiger partial charge in [0.25, 0.3) is 0 Å². The molecule has 0 radical (unpaired) electrons. The van der Waals surface area contributed by atoms with Gasteiger partial charge in [-0.25, -0.2) is 0 Å². The summed E-state index contributed by atoms with van der Waals surface area (Å²) in [5.74, 6) is 0.145. The van der Waals surface area contributed by atoms with Gasteiger partial charge in [-0.05, 0) is 24.6 Å². The van der Waals surface area contributed by atoms with Crippen molar-refractivity contribution in [3.63, 3.8) is 0 Å². The molecule has 5 nitrogen and oxygen atoms in total. The van der Waals surface area contributed by atoms with E-state index in [0.717, 1.165) is 5.56 Å². The quantitative estimate of drug-likeness (QED) is 0.800. The molecule has 3 N–H and O–H groups in total. The monoisotopic (exact) mass is 239 g/mol. The zero-order valence-electron chi connectivity index (χ0n) is 10.2. The molecule has 1 atom stereocenters. The van der Waals surface area contributed by atoms with Crippen LogP contribution in [0.1, 0.15) is 11.1 Å². The summed E-state index contributed by atoms with van der Waals surface area (Å²) >= 11 is 0. The maximum Gasteiger partial charge on any atom is 0.320 e. The van der Waals surface area contributed by atoms with Gasteiger partial charge in [0.1, 0.15) is 17.5 Å². The van der Waals surface area contributed by atoms with Crippen LogP contribution in [0.25, 0.3) is 0 Å². The van der Waals surface area contributed by atoms with Gasteiger partial charge in [-0.1, -0.05) is 0 Å². The third-order valence-electron chi connectivity index (χ3n) is 2.49. The minimum Gasteiger partial charge on any atom is -0.496 e. The van der Waals surface area contributed by atoms with E-state index >= 15 is 0 Å². The number of hydrogen-bond donors (Lipinski definition) is 2. The lowest BCUT2D eigenvalue weighted by Gasteiger charge is -2.15. The molecule has 5 heteroatoms. The van der Waals surface area contributed by atoms with Gasteiger partial charge < -0.3 is 20.3 Å². The van der Waals surface area contributed by atoms with E-state index in [1.165, 1.54) is 14.2 Å². The van der Waals surface area contributed by atoms with E-state index < -0.39 is 12.0 Å². The molecule has 94 valence electrons. The highest BCUT2D eigenvalue weighted by Gasteiger charge is 2.19. The predicted molar refractivity (Wildman–Crippen MR) is 63.6 cm³/mol. The van der Waals surface area contributed by atoms with Gasteiger partial charge in [-0.2, -0.15) is 0 Å². The van der Waals surface area contributed by atoms with Gasteiger partial charge in [0.2, 0.25) is 0 Å². The molecule has 0 aliphatic rings. The fraction of sp³-hybridized carbons (Fsp3) is 0.417. The average molecular weight is 239 g/mol. The van der Waals surface area contributed by atoms with Crippen molar-refractivity contribution < 1.29 is 19.4 Å². The Morgan fingerprint density at radius 3 is 2.18 bits per heavy atom. The third kappa shape index (κ3) is 3.10. The van der Waals surface area contributed by atoms with E-state index in [1.807, 2.05) is 19.1 Å². The van der Waals surface area contributed by atoms with Crippen molar-refractivity contribution in [2.45, 2.75) is 19.4 Å². The summed E-state index contributed by atoms with van der Waals surface area (Å²) in [7, 11) is 3.06. The van der Waals surface area contributed by atoms with Gasteiger partial charge >= 0.3 is 5.97 Å². The maximum atomic E-state index is 10.8. The molecule has 0 aliphatic carbocycles. The molecule has 0 aliphatic heterocycles. The van der Waals surface area contributed by atoms with Crippen molar-refractivity contribution >= 4 is 5.97 Å². The number of nitrogens with two attached hydrogens (primary N) is 1. The number of ether oxygens (including phenoxy) is 2. The summed E-state index contributed by atoms with van der Waals surface area (Å²) in [6.07, 6.45) is 0.169. The van der Waals surface area contributed by atoms with E-state index in [0.29, 0.717) is 17.1 Å². The smallest absolute Gasteiger partial charge is 0.320 e. The largest absolute Gasteiger partial charge is 0.496 e. The van der Waals surface area contributed by atoms with Crippen molar-refractivity contribution in [2.75, 3.05) is 14.2 Å². The molecular formula is C12H17NO4. The number of carboxylic acid groups (broad SMARTS) is 1. The SMILES string of the molecule is COc1cc(C)cc(OC)c1CC(N)C(=O)O. The second kappa shape index (κ2) is 5.54. The Kier molecular flexibility index (Phi) is 4.34. The van der Waals surface area contributed by atoms with Crippen LogP contribution in [0.5, 0.6) is 11.5 Å². The Labute approximate surface area is 100 Å². The van der Waals surface area contributed by atoms with Crippen molar-refractivity contribution in [1.82, 2.24) is 0 Å². The van der Waals surface area contributed by atoms with Crippen molar-refractivity contribution in [2.24, 2.45) is 5.73 Å². The van der Waals surface area contributed by atoms with Gasteiger partial charge in [-0.15, -0.1) is 0 Å². The first-order valence-corrected chi connectivity index (χ1v) is 5.19. The van der Waals surface area contributed by atoms with Crippen LogP contribution < -0.4 is 15.2 Å². The Morgan fingerprint density at radius 2 is 1.82 bits per heavy atom. The summed E-state index contributed by atoms with van der Waals surface area (Å²) in [5.41, 5.74) is 7.18. The number of carbonyl (C=O) groups is 1. The highest BCUT2D eigenvalue weighted by molar-refractivity contribution is 5.74. The number of aliphatic carboxylic acids is 1. The summed E-state index contributed by atoms with van der Waals surface area (Å²) < 4.78 is 10.4. The summed E-state index contributed by atoms with van der Waals surface area (Å²) in [5, 5.41) is 8.82. The molecule has 1 rings (SSSR count). The fourth-order valence-corrected chi connectivity index (χ4v) is 1.62. The fourth-order valence-electron chi connectivity index (χ4n) is 1.62. The lowest BCUT2D eigenvalue weighted by atomic mass is 10.0. The second-order valence-corrected chi connectivity index (χ2v) is 3.80. The van der Waals surface area contributed by atoms with E-state index in [4.69, 9.17) is 20.3 Å². The first-order valence-electron chi connectivity index (χ1n) is 5.19. The van der Waals surface area contributed by atoms with Gasteiger partial charge in [-0.3, -0.25) is 4.79 Å². The summed E-state index contributed by atoms with van der Waals surface area (Å²) in [6, 6.07) is 2.68. The van der Waals surface area contributed by atoms with Crippen LogP contribution in [0.4, 0.5) is 0 Å². The van der Waals surface area contributed by atoms with Crippen LogP contribution >= 0.6 is 0 Å². The van der Waals surface area contributed by atoms with E-state index in [9.17, 15) is 4.79 Å². The Morgan fingerprint density at radius 1 is 1.35 bits per heavy atom. The summed E-state index contributed by atoms with van der Waals surface area (Å²) in [6.45, 7) is 1.91. The second-order valence-electron chi connectivity index (χ2n) is 3.80. The Balaban J connectivity index is 3.15. The summed E-state index contributed by atoms with van der Waals surface area (Å²) in [4.78, 5) is 10.8. The first kappa shape index (κ1) is 13.3. The molecule has 17 heavy (non-hydrogen) atoms. The number of rotatable bonds is 5. The first-order chi connectivity index (χ1) is 7.99. The number of methoxy groups -OCH3 is 2. The zero-order valence-corrected chi connectivity index (χ0v) is 10.2. The lowest BCUT2D eigenvalue weighted by molar-refractivity contribution is -0.138. The van der Waals surface area contributed by atoms with E-state index in [-0.39, 0.29) is 6.42 Å². The molecule has 0 amide bonds. The highest BCUT2D eigenvalue weighted by Crippen LogP contribution is 2.31. The van der Waals surface area contributed by atoms with Crippen LogP contribution in [0.2, 0.25) is 0 Å². The minimum absolute atomic E-state index is 0.169. The van der Waals surface area contributed by atoms with Crippen molar-refractivity contribution in [1.29, 1.82) is 0 Å². The van der Waals surface area contributed by atoms with E-state index in [2.05, 4.69) is 0 Å².